The maximum atomic E-state index is 13.4. The first-order chi connectivity index (χ1) is 9.88. The average molecular weight is 296 g/mol. The van der Waals surface area contributed by atoms with Gasteiger partial charge in [0, 0.05) is 24.0 Å². The lowest BCUT2D eigenvalue weighted by Crippen LogP contribution is -2.16. The van der Waals surface area contributed by atoms with Crippen molar-refractivity contribution in [2.75, 3.05) is 5.32 Å². The minimum absolute atomic E-state index is 0.0180. The number of carbonyl (C=O) groups is 2. The second-order valence-electron chi connectivity index (χ2n) is 3.93. The van der Waals surface area contributed by atoms with Crippen LogP contribution in [0, 0.1) is 17.5 Å². The molecule has 1 heterocycles. The van der Waals surface area contributed by atoms with Crippen LogP contribution in [0.1, 0.15) is 20.8 Å². The van der Waals surface area contributed by atoms with Gasteiger partial charge in [0.05, 0.1) is 0 Å². The molecule has 1 amide bonds. The molecule has 0 aliphatic rings. The van der Waals surface area contributed by atoms with E-state index < -0.39 is 34.9 Å². The van der Waals surface area contributed by atoms with Gasteiger partial charge in [-0.15, -0.1) is 0 Å². The zero-order valence-corrected chi connectivity index (χ0v) is 10.2. The molecule has 1 aromatic carbocycles. The topological polar surface area (TPSA) is 79.3 Å². The molecular formula is C13H7F3N2O3. The Hall–Kier alpha value is -2.90. The molecule has 0 saturated heterocycles. The molecular weight excluding hydrogens is 289 g/mol. The number of hydrogen-bond acceptors (Lipinski definition) is 3. The third kappa shape index (κ3) is 3.16. The van der Waals surface area contributed by atoms with E-state index in [1.807, 2.05) is 0 Å². The summed E-state index contributed by atoms with van der Waals surface area (Å²) in [4.78, 5) is 26.0. The lowest BCUT2D eigenvalue weighted by Gasteiger charge is -2.07. The maximum Gasteiger partial charge on any atom is 0.354 e. The van der Waals surface area contributed by atoms with Crippen LogP contribution in [0.3, 0.4) is 0 Å². The smallest absolute Gasteiger partial charge is 0.354 e. The third-order valence-electron chi connectivity index (χ3n) is 2.47. The number of nitrogens with one attached hydrogen (secondary N) is 1. The monoisotopic (exact) mass is 296 g/mol. The van der Waals surface area contributed by atoms with Crippen LogP contribution in [0.15, 0.2) is 30.5 Å². The van der Waals surface area contributed by atoms with Crippen LogP contribution < -0.4 is 5.32 Å². The Balaban J connectivity index is 2.30. The summed E-state index contributed by atoms with van der Waals surface area (Å²) in [5, 5.41) is 10.9. The molecule has 0 aliphatic heterocycles. The van der Waals surface area contributed by atoms with E-state index >= 15 is 0 Å². The Labute approximate surface area is 116 Å². The largest absolute Gasteiger partial charge is 0.477 e. The molecule has 108 valence electrons. The van der Waals surface area contributed by atoms with Gasteiger partial charge in [-0.3, -0.25) is 4.79 Å². The zero-order valence-electron chi connectivity index (χ0n) is 10.2. The van der Waals surface area contributed by atoms with Gasteiger partial charge in [-0.1, -0.05) is 0 Å². The number of aromatic carboxylic acids is 1. The summed E-state index contributed by atoms with van der Waals surface area (Å²) in [5.41, 5.74) is -1.34. The van der Waals surface area contributed by atoms with Crippen LogP contribution in [0.25, 0.3) is 0 Å². The van der Waals surface area contributed by atoms with Crippen LogP contribution in [0.4, 0.5) is 18.9 Å². The molecule has 1 aromatic heterocycles. The second kappa shape index (κ2) is 5.61. The Kier molecular flexibility index (Phi) is 3.88. The molecule has 8 heteroatoms. The molecule has 0 bridgehead atoms. The quantitative estimate of drug-likeness (QED) is 0.911. The standard InChI is InChI=1S/C13H7F3N2O3/c14-6-3-8(15)11(9(16)4-6)12(19)18-7-1-2-17-10(5-7)13(20)21/h1-5H,(H,20,21)(H,17,18,19). The van der Waals surface area contributed by atoms with Gasteiger partial charge in [0.2, 0.25) is 0 Å². The predicted molar refractivity (Wildman–Crippen MR) is 65.5 cm³/mol. The maximum absolute atomic E-state index is 13.4. The Bertz CT molecular complexity index is 711. The van der Waals surface area contributed by atoms with Gasteiger partial charge >= 0.3 is 5.97 Å². The average Bonchev–Trinajstić information content (AvgIpc) is 2.37. The fourth-order valence-electron chi connectivity index (χ4n) is 1.58. The summed E-state index contributed by atoms with van der Waals surface area (Å²) < 4.78 is 39.6. The summed E-state index contributed by atoms with van der Waals surface area (Å²) in [7, 11) is 0. The van der Waals surface area contributed by atoms with Crippen LogP contribution in [-0.2, 0) is 0 Å². The van der Waals surface area contributed by atoms with Gasteiger partial charge < -0.3 is 10.4 Å². The summed E-state index contributed by atoms with van der Waals surface area (Å²) in [5.74, 6) is -6.38. The first-order valence-corrected chi connectivity index (χ1v) is 5.53. The number of hydrogen-bond donors (Lipinski definition) is 2. The normalized spacial score (nSPS) is 10.2. The highest BCUT2D eigenvalue weighted by molar-refractivity contribution is 6.05. The number of anilines is 1. The summed E-state index contributed by atoms with van der Waals surface area (Å²) in [6.45, 7) is 0. The van der Waals surface area contributed by atoms with Gasteiger partial charge in [-0.05, 0) is 12.1 Å². The van der Waals surface area contributed by atoms with Crippen LogP contribution in [0.5, 0.6) is 0 Å². The van der Waals surface area contributed by atoms with Crippen molar-refractivity contribution in [2.24, 2.45) is 0 Å². The fraction of sp³-hybridized carbons (Fsp3) is 0. The molecule has 0 saturated carbocycles. The van der Waals surface area contributed by atoms with Gasteiger partial charge in [0.15, 0.2) is 0 Å². The van der Waals surface area contributed by atoms with Crippen LogP contribution >= 0.6 is 0 Å². The van der Waals surface area contributed by atoms with Gasteiger partial charge in [-0.2, -0.15) is 0 Å². The van der Waals surface area contributed by atoms with Crippen molar-refractivity contribution in [1.29, 1.82) is 0 Å². The Morgan fingerprint density at radius 2 is 1.71 bits per heavy atom. The van der Waals surface area contributed by atoms with Crippen molar-refractivity contribution in [3.63, 3.8) is 0 Å². The van der Waals surface area contributed by atoms with Gasteiger partial charge in [0.25, 0.3) is 5.91 Å². The molecule has 0 unspecified atom stereocenters. The molecule has 0 aliphatic carbocycles. The van der Waals surface area contributed by atoms with E-state index in [1.54, 1.807) is 0 Å². The Morgan fingerprint density at radius 1 is 1.10 bits per heavy atom. The van der Waals surface area contributed by atoms with E-state index in [-0.39, 0.29) is 11.4 Å². The Morgan fingerprint density at radius 3 is 2.29 bits per heavy atom. The van der Waals surface area contributed by atoms with E-state index in [4.69, 9.17) is 5.11 Å². The lowest BCUT2D eigenvalue weighted by molar-refractivity contribution is 0.0690. The number of carboxylic acid groups (broad SMARTS) is 1. The highest BCUT2D eigenvalue weighted by Gasteiger charge is 2.19. The van der Waals surface area contributed by atoms with E-state index in [9.17, 15) is 22.8 Å². The summed E-state index contributed by atoms with van der Waals surface area (Å²) in [6.07, 6.45) is 1.11. The van der Waals surface area contributed by atoms with Crippen molar-refractivity contribution >= 4 is 17.6 Å². The summed E-state index contributed by atoms with van der Waals surface area (Å²) in [6, 6.07) is 2.99. The third-order valence-corrected chi connectivity index (χ3v) is 2.47. The predicted octanol–water partition coefficient (Wildman–Crippen LogP) is 2.45. The van der Waals surface area contributed by atoms with Crippen LogP contribution in [-0.4, -0.2) is 22.0 Å². The number of nitrogens with zero attached hydrogens (tertiary/aromatic N) is 1. The van der Waals surface area contributed by atoms with Gasteiger partial charge in [0.1, 0.15) is 28.7 Å². The molecule has 2 rings (SSSR count). The SMILES string of the molecule is O=C(O)c1cc(NC(=O)c2c(F)cc(F)cc2F)ccn1. The van der Waals surface area contributed by atoms with Crippen molar-refractivity contribution in [1.82, 2.24) is 4.98 Å². The van der Waals surface area contributed by atoms with E-state index in [0.717, 1.165) is 12.3 Å². The minimum Gasteiger partial charge on any atom is -0.477 e. The second-order valence-corrected chi connectivity index (χ2v) is 3.93. The number of halogens is 3. The molecule has 0 atom stereocenters. The van der Waals surface area contributed by atoms with E-state index in [1.165, 1.54) is 6.07 Å². The number of pyridine rings is 1. The van der Waals surface area contributed by atoms with Crippen LogP contribution in [0.2, 0.25) is 0 Å². The summed E-state index contributed by atoms with van der Waals surface area (Å²) >= 11 is 0. The molecule has 0 radical (unpaired) electrons. The van der Waals surface area contributed by atoms with Gasteiger partial charge in [-0.25, -0.2) is 22.9 Å². The number of amides is 1. The highest BCUT2D eigenvalue weighted by atomic mass is 19.1. The molecule has 0 fully saturated rings. The number of carboxylic acids is 1. The minimum atomic E-state index is -1.36. The number of carbonyl (C=O) groups excluding carboxylic acids is 1. The van der Waals surface area contributed by atoms with Crippen molar-refractivity contribution in [3.05, 3.63) is 59.2 Å². The van der Waals surface area contributed by atoms with E-state index in [0.29, 0.717) is 12.1 Å². The zero-order chi connectivity index (χ0) is 15.6. The van der Waals surface area contributed by atoms with Crippen molar-refractivity contribution in [3.8, 4) is 0 Å². The van der Waals surface area contributed by atoms with E-state index in [2.05, 4.69) is 10.3 Å². The highest BCUT2D eigenvalue weighted by Crippen LogP contribution is 2.17. The molecule has 21 heavy (non-hydrogen) atoms. The molecule has 2 N–H and O–H groups in total. The lowest BCUT2D eigenvalue weighted by atomic mass is 10.1. The first kappa shape index (κ1) is 14.5. The van der Waals surface area contributed by atoms with Crippen molar-refractivity contribution in [2.45, 2.75) is 0 Å². The first-order valence-electron chi connectivity index (χ1n) is 5.53. The number of rotatable bonds is 3. The fourth-order valence-corrected chi connectivity index (χ4v) is 1.58. The number of benzene rings is 1. The molecule has 2 aromatic rings. The molecule has 0 spiro atoms. The molecule has 5 nitrogen and oxygen atoms in total. The number of aromatic nitrogens is 1. The van der Waals surface area contributed by atoms with Crippen molar-refractivity contribution < 1.29 is 27.9 Å².